The van der Waals surface area contributed by atoms with E-state index in [0.717, 1.165) is 25.7 Å². The van der Waals surface area contributed by atoms with Crippen LogP contribution in [0.25, 0.3) is 0 Å². The highest BCUT2D eigenvalue weighted by atomic mass is 16.5. The van der Waals surface area contributed by atoms with Gasteiger partial charge in [0.25, 0.3) is 0 Å². The maximum atomic E-state index is 12.4. The second-order valence-electron chi connectivity index (χ2n) is 5.97. The van der Waals surface area contributed by atoms with E-state index < -0.39 is 5.97 Å². The number of carbonyl (C=O) groups is 2. The first-order valence-corrected chi connectivity index (χ1v) is 7.11. The van der Waals surface area contributed by atoms with Gasteiger partial charge in [0.1, 0.15) is 0 Å². The second-order valence-corrected chi connectivity index (χ2v) is 5.97. The van der Waals surface area contributed by atoms with Gasteiger partial charge in [-0.05, 0) is 25.2 Å². The van der Waals surface area contributed by atoms with E-state index in [-0.39, 0.29) is 23.8 Å². The number of amides is 1. The molecule has 5 heteroatoms. The van der Waals surface area contributed by atoms with Crippen molar-refractivity contribution < 1.29 is 19.4 Å². The minimum absolute atomic E-state index is 0.0963. The highest BCUT2D eigenvalue weighted by Gasteiger charge is 2.39. The molecule has 0 bridgehead atoms. The molecule has 1 unspecified atom stereocenters. The van der Waals surface area contributed by atoms with Gasteiger partial charge in [0.15, 0.2) is 0 Å². The molecule has 1 atom stereocenters. The van der Waals surface area contributed by atoms with E-state index >= 15 is 0 Å². The van der Waals surface area contributed by atoms with Gasteiger partial charge in [0.2, 0.25) is 5.91 Å². The number of hydrogen-bond donors (Lipinski definition) is 1. The van der Waals surface area contributed by atoms with Gasteiger partial charge < -0.3 is 14.7 Å². The minimum atomic E-state index is -0.787. The first-order valence-electron chi connectivity index (χ1n) is 7.11. The van der Waals surface area contributed by atoms with Crippen LogP contribution in [-0.2, 0) is 14.3 Å². The third-order valence-electron chi connectivity index (χ3n) is 4.40. The molecule has 1 amide bonds. The zero-order chi connectivity index (χ0) is 13.9. The highest BCUT2D eigenvalue weighted by Crippen LogP contribution is 2.44. The third kappa shape index (κ3) is 3.47. The van der Waals surface area contributed by atoms with Gasteiger partial charge in [0.05, 0.1) is 25.7 Å². The molecule has 1 N–H and O–H groups in total. The normalized spacial score (nSPS) is 26.4. The van der Waals surface area contributed by atoms with Gasteiger partial charge in [0, 0.05) is 13.0 Å². The molecule has 0 aromatic carbocycles. The van der Waals surface area contributed by atoms with Crippen LogP contribution in [0, 0.1) is 5.41 Å². The van der Waals surface area contributed by atoms with E-state index in [1.165, 1.54) is 0 Å². The molecular formula is C14H23NO4. The maximum absolute atomic E-state index is 12.4. The highest BCUT2D eigenvalue weighted by molar-refractivity contribution is 5.78. The molecule has 2 aliphatic rings. The zero-order valence-corrected chi connectivity index (χ0v) is 11.6. The van der Waals surface area contributed by atoms with Crippen LogP contribution in [0.3, 0.4) is 0 Å². The number of morpholine rings is 1. The fourth-order valence-corrected chi connectivity index (χ4v) is 3.38. The van der Waals surface area contributed by atoms with Crippen molar-refractivity contribution >= 4 is 11.9 Å². The first kappa shape index (κ1) is 14.3. The molecule has 1 aliphatic carbocycles. The molecule has 0 spiro atoms. The van der Waals surface area contributed by atoms with E-state index in [0.29, 0.717) is 26.2 Å². The van der Waals surface area contributed by atoms with Crippen LogP contribution >= 0.6 is 0 Å². The largest absolute Gasteiger partial charge is 0.481 e. The Morgan fingerprint density at radius 3 is 2.58 bits per heavy atom. The molecule has 2 fully saturated rings. The molecule has 108 valence electrons. The van der Waals surface area contributed by atoms with Crippen molar-refractivity contribution in [1.29, 1.82) is 0 Å². The summed E-state index contributed by atoms with van der Waals surface area (Å²) < 4.78 is 5.33. The Balaban J connectivity index is 2.00. The molecule has 1 saturated carbocycles. The number of ether oxygens (including phenoxy) is 1. The first-order chi connectivity index (χ1) is 9.02. The Kier molecular flexibility index (Phi) is 4.45. The van der Waals surface area contributed by atoms with Crippen LogP contribution < -0.4 is 0 Å². The van der Waals surface area contributed by atoms with Crippen LogP contribution in [0.15, 0.2) is 0 Å². The summed E-state index contributed by atoms with van der Waals surface area (Å²) in [6, 6.07) is 0.101. The molecular weight excluding hydrogens is 246 g/mol. The summed E-state index contributed by atoms with van der Waals surface area (Å²) in [4.78, 5) is 25.3. The molecule has 19 heavy (non-hydrogen) atoms. The van der Waals surface area contributed by atoms with Crippen LogP contribution in [0.5, 0.6) is 0 Å². The summed E-state index contributed by atoms with van der Waals surface area (Å²) in [6.07, 6.45) is 4.31. The number of aliphatic carboxylic acids is 1. The molecule has 1 heterocycles. The molecule has 0 radical (unpaired) electrons. The quantitative estimate of drug-likeness (QED) is 0.843. The lowest BCUT2D eigenvalue weighted by Gasteiger charge is -2.36. The number of hydrogen-bond acceptors (Lipinski definition) is 3. The molecule has 1 aliphatic heterocycles. The van der Waals surface area contributed by atoms with Crippen molar-refractivity contribution in [3.8, 4) is 0 Å². The van der Waals surface area contributed by atoms with Gasteiger partial charge in [-0.25, -0.2) is 0 Å². The number of nitrogens with zero attached hydrogens (tertiary/aromatic N) is 1. The lowest BCUT2D eigenvalue weighted by Crippen LogP contribution is -2.48. The Labute approximate surface area is 113 Å². The van der Waals surface area contributed by atoms with Crippen molar-refractivity contribution in [3.63, 3.8) is 0 Å². The summed E-state index contributed by atoms with van der Waals surface area (Å²) in [5.74, 6) is -0.691. The van der Waals surface area contributed by atoms with E-state index in [1.807, 2.05) is 11.8 Å². The standard InChI is InChI=1S/C14H23NO4/c1-11-10-19-7-6-15(11)12(16)8-14(9-13(17)18)4-2-3-5-14/h11H,2-10H2,1H3,(H,17,18). The van der Waals surface area contributed by atoms with Crippen LogP contribution in [0.2, 0.25) is 0 Å². The summed E-state index contributed by atoms with van der Waals surface area (Å²) in [5.41, 5.74) is -0.305. The number of carboxylic acid groups (broad SMARTS) is 1. The molecule has 2 rings (SSSR count). The van der Waals surface area contributed by atoms with Crippen LogP contribution in [-0.4, -0.2) is 47.7 Å². The monoisotopic (exact) mass is 269 g/mol. The fraction of sp³-hybridized carbons (Fsp3) is 0.857. The third-order valence-corrected chi connectivity index (χ3v) is 4.40. The number of carbonyl (C=O) groups excluding carboxylic acids is 1. The van der Waals surface area contributed by atoms with Crippen molar-refractivity contribution in [3.05, 3.63) is 0 Å². The van der Waals surface area contributed by atoms with Crippen molar-refractivity contribution in [2.24, 2.45) is 5.41 Å². The van der Waals surface area contributed by atoms with Gasteiger partial charge in [-0.3, -0.25) is 9.59 Å². The van der Waals surface area contributed by atoms with E-state index in [1.54, 1.807) is 0 Å². The van der Waals surface area contributed by atoms with E-state index in [2.05, 4.69) is 0 Å². The predicted octanol–water partition coefficient (Wildman–Crippen LogP) is 1.66. The van der Waals surface area contributed by atoms with Crippen molar-refractivity contribution in [2.75, 3.05) is 19.8 Å². The van der Waals surface area contributed by atoms with Gasteiger partial charge in [-0.1, -0.05) is 12.8 Å². The summed E-state index contributed by atoms with van der Waals surface area (Å²) in [7, 11) is 0. The Morgan fingerprint density at radius 1 is 1.32 bits per heavy atom. The second kappa shape index (κ2) is 5.90. The van der Waals surface area contributed by atoms with Crippen molar-refractivity contribution in [1.82, 2.24) is 4.90 Å². The number of carboxylic acids is 1. The lowest BCUT2D eigenvalue weighted by atomic mass is 9.79. The summed E-state index contributed by atoms with van der Waals surface area (Å²) in [5, 5.41) is 9.07. The van der Waals surface area contributed by atoms with Gasteiger partial charge in [-0.2, -0.15) is 0 Å². The predicted molar refractivity (Wildman–Crippen MR) is 69.8 cm³/mol. The molecule has 5 nitrogen and oxygen atoms in total. The summed E-state index contributed by atoms with van der Waals surface area (Å²) in [6.45, 7) is 3.78. The molecule has 0 aromatic rings. The Hall–Kier alpha value is -1.10. The Bertz CT molecular complexity index is 349. The van der Waals surface area contributed by atoms with Crippen LogP contribution in [0.4, 0.5) is 0 Å². The number of rotatable bonds is 4. The van der Waals surface area contributed by atoms with Crippen LogP contribution in [0.1, 0.15) is 45.4 Å². The topological polar surface area (TPSA) is 66.8 Å². The average molecular weight is 269 g/mol. The zero-order valence-electron chi connectivity index (χ0n) is 11.6. The molecule has 0 aromatic heterocycles. The molecule has 1 saturated heterocycles. The fourth-order valence-electron chi connectivity index (χ4n) is 3.38. The SMILES string of the molecule is CC1COCCN1C(=O)CC1(CC(=O)O)CCCC1. The smallest absolute Gasteiger partial charge is 0.303 e. The van der Waals surface area contributed by atoms with E-state index in [9.17, 15) is 9.59 Å². The van der Waals surface area contributed by atoms with E-state index in [4.69, 9.17) is 9.84 Å². The minimum Gasteiger partial charge on any atom is -0.481 e. The van der Waals surface area contributed by atoms with Gasteiger partial charge in [-0.15, -0.1) is 0 Å². The average Bonchev–Trinajstić information content (AvgIpc) is 2.76. The van der Waals surface area contributed by atoms with Crippen molar-refractivity contribution in [2.45, 2.75) is 51.5 Å². The van der Waals surface area contributed by atoms with Gasteiger partial charge >= 0.3 is 5.97 Å². The lowest BCUT2D eigenvalue weighted by molar-refractivity contribution is -0.144. The Morgan fingerprint density at radius 2 is 2.00 bits per heavy atom. The summed E-state index contributed by atoms with van der Waals surface area (Å²) >= 11 is 0. The maximum Gasteiger partial charge on any atom is 0.303 e.